The van der Waals surface area contributed by atoms with Crippen LogP contribution in [0.15, 0.2) is 53.8 Å². The van der Waals surface area contributed by atoms with E-state index in [2.05, 4.69) is 14.9 Å². The van der Waals surface area contributed by atoms with Gasteiger partial charge in [0.05, 0.1) is 12.7 Å². The molecule has 0 saturated heterocycles. The SMILES string of the molecule is CCn1cc(S(=O)(=O)Nc2nn(Cc3ccccc3)cc2Cl)cn1. The van der Waals surface area contributed by atoms with Gasteiger partial charge in [0, 0.05) is 18.9 Å². The van der Waals surface area contributed by atoms with Crippen LogP contribution in [0, 0.1) is 0 Å². The molecule has 0 aliphatic rings. The van der Waals surface area contributed by atoms with Crippen LogP contribution in [-0.4, -0.2) is 28.0 Å². The molecule has 126 valence electrons. The molecule has 3 rings (SSSR count). The van der Waals surface area contributed by atoms with Crippen LogP contribution >= 0.6 is 11.6 Å². The summed E-state index contributed by atoms with van der Waals surface area (Å²) in [5.41, 5.74) is 1.04. The van der Waals surface area contributed by atoms with Gasteiger partial charge in [-0.25, -0.2) is 8.42 Å². The lowest BCUT2D eigenvalue weighted by Crippen LogP contribution is -2.13. The van der Waals surface area contributed by atoms with Crippen molar-refractivity contribution in [1.82, 2.24) is 19.6 Å². The number of nitrogens with zero attached hydrogens (tertiary/aromatic N) is 4. The molecule has 3 aromatic rings. The van der Waals surface area contributed by atoms with Crippen LogP contribution in [0.3, 0.4) is 0 Å². The highest BCUT2D eigenvalue weighted by Gasteiger charge is 2.20. The Labute approximate surface area is 144 Å². The van der Waals surface area contributed by atoms with Crippen LogP contribution in [-0.2, 0) is 23.1 Å². The topological polar surface area (TPSA) is 81.8 Å². The Balaban J connectivity index is 1.80. The van der Waals surface area contributed by atoms with Crippen LogP contribution in [0.2, 0.25) is 5.02 Å². The standard InChI is InChI=1S/C15H16ClN5O2S/c1-2-20-10-13(8-17-20)24(22,23)19-15-14(16)11-21(18-15)9-12-6-4-3-5-7-12/h3-8,10-11H,2,9H2,1H3,(H,18,19). The van der Waals surface area contributed by atoms with E-state index in [0.29, 0.717) is 13.1 Å². The Kier molecular flexibility index (Phi) is 4.59. The quantitative estimate of drug-likeness (QED) is 0.728. The fourth-order valence-electron chi connectivity index (χ4n) is 2.16. The Morgan fingerprint density at radius 3 is 2.58 bits per heavy atom. The normalized spacial score (nSPS) is 11.6. The summed E-state index contributed by atoms with van der Waals surface area (Å²) in [6.45, 7) is 2.96. The Bertz CT molecular complexity index is 934. The molecule has 0 unspecified atom stereocenters. The van der Waals surface area contributed by atoms with Gasteiger partial charge in [-0.05, 0) is 12.5 Å². The molecule has 0 bridgehead atoms. The van der Waals surface area contributed by atoms with Crippen molar-refractivity contribution in [1.29, 1.82) is 0 Å². The van der Waals surface area contributed by atoms with E-state index in [1.165, 1.54) is 17.1 Å². The summed E-state index contributed by atoms with van der Waals surface area (Å²) < 4.78 is 30.3. The second kappa shape index (κ2) is 6.66. The molecule has 7 nitrogen and oxygen atoms in total. The summed E-state index contributed by atoms with van der Waals surface area (Å²) in [6, 6.07) is 9.69. The molecule has 9 heteroatoms. The maximum atomic E-state index is 12.4. The molecule has 0 radical (unpaired) electrons. The molecule has 0 atom stereocenters. The average molecular weight is 366 g/mol. The highest BCUT2D eigenvalue weighted by atomic mass is 35.5. The predicted molar refractivity (Wildman–Crippen MR) is 91.5 cm³/mol. The number of hydrogen-bond acceptors (Lipinski definition) is 4. The maximum absolute atomic E-state index is 12.4. The Morgan fingerprint density at radius 1 is 1.17 bits per heavy atom. The fourth-order valence-corrected chi connectivity index (χ4v) is 3.38. The number of benzene rings is 1. The molecular formula is C15H16ClN5O2S. The van der Waals surface area contributed by atoms with Crippen molar-refractivity contribution >= 4 is 27.4 Å². The first kappa shape index (κ1) is 16.5. The van der Waals surface area contributed by atoms with Gasteiger partial charge in [0.1, 0.15) is 9.92 Å². The van der Waals surface area contributed by atoms with E-state index >= 15 is 0 Å². The van der Waals surface area contributed by atoms with Gasteiger partial charge in [0.2, 0.25) is 0 Å². The Morgan fingerprint density at radius 2 is 1.92 bits per heavy atom. The second-order valence-corrected chi connectivity index (χ2v) is 7.24. The molecule has 2 heterocycles. The smallest absolute Gasteiger partial charge is 0.266 e. The monoisotopic (exact) mass is 365 g/mol. The van der Waals surface area contributed by atoms with Crippen molar-refractivity contribution in [3.63, 3.8) is 0 Å². The van der Waals surface area contributed by atoms with Crippen molar-refractivity contribution < 1.29 is 8.42 Å². The third-order valence-electron chi connectivity index (χ3n) is 3.38. The first-order chi connectivity index (χ1) is 11.5. The van der Waals surface area contributed by atoms with Crippen LogP contribution in [0.4, 0.5) is 5.82 Å². The predicted octanol–water partition coefficient (Wildman–Crippen LogP) is 2.60. The molecule has 2 aromatic heterocycles. The van der Waals surface area contributed by atoms with E-state index in [-0.39, 0.29) is 15.7 Å². The Hall–Kier alpha value is -2.32. The van der Waals surface area contributed by atoms with Crippen LogP contribution in [0.1, 0.15) is 12.5 Å². The molecule has 1 N–H and O–H groups in total. The molecule has 0 saturated carbocycles. The molecule has 0 spiro atoms. The number of aryl methyl sites for hydroxylation is 1. The van der Waals surface area contributed by atoms with Gasteiger partial charge in [-0.15, -0.1) is 0 Å². The third kappa shape index (κ3) is 3.60. The molecule has 1 aromatic carbocycles. The molecule has 0 aliphatic heterocycles. The van der Waals surface area contributed by atoms with Gasteiger partial charge in [-0.1, -0.05) is 41.9 Å². The summed E-state index contributed by atoms with van der Waals surface area (Å²) in [7, 11) is -3.78. The van der Waals surface area contributed by atoms with Gasteiger partial charge >= 0.3 is 0 Å². The zero-order valence-corrected chi connectivity index (χ0v) is 14.5. The van der Waals surface area contributed by atoms with Crippen molar-refractivity contribution in [3.8, 4) is 0 Å². The molecule has 0 fully saturated rings. The number of nitrogens with one attached hydrogen (secondary N) is 1. The van der Waals surface area contributed by atoms with Crippen LogP contribution in [0.5, 0.6) is 0 Å². The van der Waals surface area contributed by atoms with Crippen molar-refractivity contribution in [2.75, 3.05) is 4.72 Å². The van der Waals surface area contributed by atoms with Gasteiger partial charge in [0.15, 0.2) is 5.82 Å². The molecule has 0 aliphatic carbocycles. The fraction of sp³-hybridized carbons (Fsp3) is 0.200. The van der Waals surface area contributed by atoms with E-state index < -0.39 is 10.0 Å². The third-order valence-corrected chi connectivity index (χ3v) is 4.95. The van der Waals surface area contributed by atoms with E-state index in [1.54, 1.807) is 10.9 Å². The van der Waals surface area contributed by atoms with E-state index in [4.69, 9.17) is 11.6 Å². The number of hydrogen-bond donors (Lipinski definition) is 1. The second-order valence-electron chi connectivity index (χ2n) is 5.15. The first-order valence-electron chi connectivity index (χ1n) is 7.30. The highest BCUT2D eigenvalue weighted by molar-refractivity contribution is 7.92. The van der Waals surface area contributed by atoms with Crippen molar-refractivity contribution in [2.45, 2.75) is 24.9 Å². The van der Waals surface area contributed by atoms with Gasteiger partial charge in [-0.2, -0.15) is 10.2 Å². The summed E-state index contributed by atoms with van der Waals surface area (Å²) in [4.78, 5) is 0.0676. The minimum Gasteiger partial charge on any atom is -0.272 e. The van der Waals surface area contributed by atoms with Crippen LogP contribution < -0.4 is 4.72 Å². The van der Waals surface area contributed by atoms with E-state index in [1.807, 2.05) is 37.3 Å². The minimum atomic E-state index is -3.78. The molecule has 24 heavy (non-hydrogen) atoms. The highest BCUT2D eigenvalue weighted by Crippen LogP contribution is 2.23. The zero-order chi connectivity index (χ0) is 17.2. The molecular weight excluding hydrogens is 350 g/mol. The largest absolute Gasteiger partial charge is 0.272 e. The summed E-state index contributed by atoms with van der Waals surface area (Å²) in [5, 5.41) is 8.41. The first-order valence-corrected chi connectivity index (χ1v) is 9.16. The lowest BCUT2D eigenvalue weighted by atomic mass is 10.2. The number of rotatable bonds is 6. The number of anilines is 1. The summed E-state index contributed by atoms with van der Waals surface area (Å²) in [6.07, 6.45) is 4.33. The lowest BCUT2D eigenvalue weighted by Gasteiger charge is -2.04. The molecule has 0 amide bonds. The zero-order valence-electron chi connectivity index (χ0n) is 12.9. The maximum Gasteiger partial charge on any atom is 0.266 e. The van der Waals surface area contributed by atoms with E-state index in [9.17, 15) is 8.42 Å². The van der Waals surface area contributed by atoms with Gasteiger partial charge < -0.3 is 0 Å². The van der Waals surface area contributed by atoms with Crippen LogP contribution in [0.25, 0.3) is 0 Å². The van der Waals surface area contributed by atoms with Crippen molar-refractivity contribution in [2.24, 2.45) is 0 Å². The summed E-state index contributed by atoms with van der Waals surface area (Å²) in [5.74, 6) is 0.0943. The number of sulfonamides is 1. The minimum absolute atomic E-state index is 0.0676. The number of aromatic nitrogens is 4. The van der Waals surface area contributed by atoms with Crippen molar-refractivity contribution in [3.05, 3.63) is 59.5 Å². The average Bonchev–Trinajstić information content (AvgIpc) is 3.16. The summed E-state index contributed by atoms with van der Waals surface area (Å²) >= 11 is 6.11. The van der Waals surface area contributed by atoms with Gasteiger partial charge in [-0.3, -0.25) is 14.1 Å². The number of halogens is 1. The van der Waals surface area contributed by atoms with Gasteiger partial charge in [0.25, 0.3) is 10.0 Å². The van der Waals surface area contributed by atoms with E-state index in [0.717, 1.165) is 5.56 Å². The lowest BCUT2D eigenvalue weighted by molar-refractivity contribution is 0.600.